The number of amides is 1. The molecule has 2 aromatic rings. The fraction of sp³-hybridized carbons (Fsp3) is 0.312. The van der Waals surface area contributed by atoms with E-state index >= 15 is 0 Å². The summed E-state index contributed by atoms with van der Waals surface area (Å²) in [7, 11) is 0. The van der Waals surface area contributed by atoms with Gasteiger partial charge in [-0.05, 0) is 43.9 Å². The fourth-order valence-electron chi connectivity index (χ4n) is 2.15. The Balaban J connectivity index is 1.78. The number of hydrogen-bond acceptors (Lipinski definition) is 4. The van der Waals surface area contributed by atoms with Crippen LogP contribution in [-0.2, 0) is 0 Å². The highest BCUT2D eigenvalue weighted by molar-refractivity contribution is 6.03. The summed E-state index contributed by atoms with van der Waals surface area (Å²) < 4.78 is 0. The smallest absolute Gasteiger partial charge is 0.274 e. The van der Waals surface area contributed by atoms with Crippen LogP contribution >= 0.6 is 0 Å². The standard InChI is InChI=1S/C16H18N4O/c1-10-4-3-5-11(2)14(10)20-15(21)13-8-9-17-16(19-13)18-12-6-7-12/h3-5,8-9,12H,6-7H2,1-2H3,(H,20,21)(H,17,18,19). The summed E-state index contributed by atoms with van der Waals surface area (Å²) in [5, 5.41) is 6.13. The summed E-state index contributed by atoms with van der Waals surface area (Å²) in [6, 6.07) is 8.01. The molecular weight excluding hydrogens is 264 g/mol. The molecule has 1 fully saturated rings. The Labute approximate surface area is 123 Å². The van der Waals surface area contributed by atoms with Gasteiger partial charge in [0, 0.05) is 17.9 Å². The third-order valence-electron chi connectivity index (χ3n) is 3.52. The fourth-order valence-corrected chi connectivity index (χ4v) is 2.15. The number of rotatable bonds is 4. The molecule has 1 aliphatic carbocycles. The SMILES string of the molecule is Cc1cccc(C)c1NC(=O)c1ccnc(NC2CC2)n1. The van der Waals surface area contributed by atoms with Crippen molar-refractivity contribution < 1.29 is 4.79 Å². The van der Waals surface area contributed by atoms with Gasteiger partial charge in [-0.2, -0.15) is 0 Å². The molecular formula is C16H18N4O. The highest BCUT2D eigenvalue weighted by Crippen LogP contribution is 2.23. The monoisotopic (exact) mass is 282 g/mol. The summed E-state index contributed by atoms with van der Waals surface area (Å²) in [6.07, 6.45) is 3.89. The zero-order valence-electron chi connectivity index (χ0n) is 12.2. The average molecular weight is 282 g/mol. The first kappa shape index (κ1) is 13.5. The Kier molecular flexibility index (Phi) is 3.56. The molecule has 3 rings (SSSR count). The molecule has 1 heterocycles. The number of carbonyl (C=O) groups is 1. The van der Waals surface area contributed by atoms with Crippen molar-refractivity contribution in [2.24, 2.45) is 0 Å². The molecule has 0 radical (unpaired) electrons. The quantitative estimate of drug-likeness (QED) is 0.904. The first-order valence-electron chi connectivity index (χ1n) is 7.10. The molecule has 108 valence electrons. The molecule has 0 atom stereocenters. The van der Waals surface area contributed by atoms with E-state index in [-0.39, 0.29) is 5.91 Å². The predicted octanol–water partition coefficient (Wildman–Crippen LogP) is 2.92. The number of para-hydroxylation sites is 1. The Bertz CT molecular complexity index is 659. The lowest BCUT2D eigenvalue weighted by molar-refractivity contribution is 0.102. The number of anilines is 2. The van der Waals surface area contributed by atoms with E-state index in [2.05, 4.69) is 20.6 Å². The van der Waals surface area contributed by atoms with E-state index in [0.717, 1.165) is 29.7 Å². The number of hydrogen-bond donors (Lipinski definition) is 2. The van der Waals surface area contributed by atoms with Crippen molar-refractivity contribution in [2.75, 3.05) is 10.6 Å². The second-order valence-corrected chi connectivity index (χ2v) is 5.41. The third-order valence-corrected chi connectivity index (χ3v) is 3.52. The zero-order chi connectivity index (χ0) is 14.8. The average Bonchev–Trinajstić information content (AvgIpc) is 3.27. The number of aromatic nitrogens is 2. The number of carbonyl (C=O) groups excluding carboxylic acids is 1. The van der Waals surface area contributed by atoms with Gasteiger partial charge in [0.15, 0.2) is 0 Å². The van der Waals surface area contributed by atoms with Gasteiger partial charge in [-0.3, -0.25) is 4.79 Å². The molecule has 5 nitrogen and oxygen atoms in total. The molecule has 1 aromatic heterocycles. The minimum atomic E-state index is -0.214. The lowest BCUT2D eigenvalue weighted by atomic mass is 10.1. The van der Waals surface area contributed by atoms with Crippen molar-refractivity contribution in [1.29, 1.82) is 0 Å². The van der Waals surface area contributed by atoms with Crippen molar-refractivity contribution in [3.63, 3.8) is 0 Å². The highest BCUT2D eigenvalue weighted by atomic mass is 16.1. The molecule has 0 unspecified atom stereocenters. The number of nitrogens with zero attached hydrogens (tertiary/aromatic N) is 2. The molecule has 1 saturated carbocycles. The van der Waals surface area contributed by atoms with Crippen LogP contribution in [0.5, 0.6) is 0 Å². The van der Waals surface area contributed by atoms with Gasteiger partial charge in [0.1, 0.15) is 5.69 Å². The maximum absolute atomic E-state index is 12.3. The van der Waals surface area contributed by atoms with Crippen LogP contribution in [0.3, 0.4) is 0 Å². The molecule has 0 saturated heterocycles. The maximum atomic E-state index is 12.3. The zero-order valence-corrected chi connectivity index (χ0v) is 12.2. The van der Waals surface area contributed by atoms with Crippen LogP contribution in [0.25, 0.3) is 0 Å². The summed E-state index contributed by atoms with van der Waals surface area (Å²) in [5.74, 6) is 0.306. The highest BCUT2D eigenvalue weighted by Gasteiger charge is 2.22. The molecule has 0 bridgehead atoms. The van der Waals surface area contributed by atoms with Crippen LogP contribution in [0.4, 0.5) is 11.6 Å². The van der Waals surface area contributed by atoms with Crippen molar-refractivity contribution >= 4 is 17.5 Å². The van der Waals surface area contributed by atoms with Crippen LogP contribution in [0.15, 0.2) is 30.5 Å². The molecule has 0 aliphatic heterocycles. The molecule has 1 amide bonds. The minimum absolute atomic E-state index is 0.214. The van der Waals surface area contributed by atoms with Gasteiger partial charge in [-0.25, -0.2) is 9.97 Å². The Morgan fingerprint density at radius 2 is 1.90 bits per heavy atom. The van der Waals surface area contributed by atoms with Crippen molar-refractivity contribution in [1.82, 2.24) is 9.97 Å². The molecule has 21 heavy (non-hydrogen) atoms. The summed E-state index contributed by atoms with van der Waals surface area (Å²) in [6.45, 7) is 3.95. The summed E-state index contributed by atoms with van der Waals surface area (Å²) in [4.78, 5) is 20.8. The molecule has 2 N–H and O–H groups in total. The Morgan fingerprint density at radius 1 is 1.19 bits per heavy atom. The maximum Gasteiger partial charge on any atom is 0.274 e. The van der Waals surface area contributed by atoms with Gasteiger partial charge in [-0.15, -0.1) is 0 Å². The molecule has 1 aromatic carbocycles. The van der Waals surface area contributed by atoms with Gasteiger partial charge in [0.05, 0.1) is 0 Å². The van der Waals surface area contributed by atoms with E-state index in [1.807, 2.05) is 32.0 Å². The second kappa shape index (κ2) is 5.52. The first-order valence-corrected chi connectivity index (χ1v) is 7.10. The van der Waals surface area contributed by atoms with Crippen LogP contribution in [0.1, 0.15) is 34.5 Å². The Hall–Kier alpha value is -2.43. The van der Waals surface area contributed by atoms with E-state index in [1.54, 1.807) is 12.3 Å². The normalized spacial score (nSPS) is 13.8. The van der Waals surface area contributed by atoms with Crippen molar-refractivity contribution in [3.8, 4) is 0 Å². The lowest BCUT2D eigenvalue weighted by Gasteiger charge is -2.11. The topological polar surface area (TPSA) is 66.9 Å². The minimum Gasteiger partial charge on any atom is -0.351 e. The van der Waals surface area contributed by atoms with Crippen molar-refractivity contribution in [2.45, 2.75) is 32.7 Å². The Morgan fingerprint density at radius 3 is 2.57 bits per heavy atom. The van der Waals surface area contributed by atoms with E-state index in [0.29, 0.717) is 17.7 Å². The third kappa shape index (κ3) is 3.18. The van der Waals surface area contributed by atoms with E-state index in [1.165, 1.54) is 0 Å². The first-order chi connectivity index (χ1) is 10.1. The predicted molar refractivity (Wildman–Crippen MR) is 82.5 cm³/mol. The van der Waals surface area contributed by atoms with Crippen molar-refractivity contribution in [3.05, 3.63) is 47.3 Å². The lowest BCUT2D eigenvalue weighted by Crippen LogP contribution is -2.17. The molecule has 0 spiro atoms. The van der Waals surface area contributed by atoms with E-state index < -0.39 is 0 Å². The van der Waals surface area contributed by atoms with Gasteiger partial charge in [0.25, 0.3) is 5.91 Å². The van der Waals surface area contributed by atoms with Crippen LogP contribution in [0.2, 0.25) is 0 Å². The summed E-state index contributed by atoms with van der Waals surface area (Å²) >= 11 is 0. The van der Waals surface area contributed by atoms with Crippen LogP contribution in [-0.4, -0.2) is 21.9 Å². The van der Waals surface area contributed by atoms with Gasteiger partial charge >= 0.3 is 0 Å². The van der Waals surface area contributed by atoms with Gasteiger partial charge < -0.3 is 10.6 Å². The van der Waals surface area contributed by atoms with Gasteiger partial charge in [0.2, 0.25) is 5.95 Å². The van der Waals surface area contributed by atoms with E-state index in [9.17, 15) is 4.79 Å². The molecule has 5 heteroatoms. The molecule has 1 aliphatic rings. The van der Waals surface area contributed by atoms with E-state index in [4.69, 9.17) is 0 Å². The summed E-state index contributed by atoms with van der Waals surface area (Å²) in [5.41, 5.74) is 3.29. The van der Waals surface area contributed by atoms with Gasteiger partial charge in [-0.1, -0.05) is 18.2 Å². The largest absolute Gasteiger partial charge is 0.351 e. The number of nitrogens with one attached hydrogen (secondary N) is 2. The number of aryl methyl sites for hydroxylation is 2. The number of benzene rings is 1. The second-order valence-electron chi connectivity index (χ2n) is 5.41. The van der Waals surface area contributed by atoms with Crippen LogP contribution < -0.4 is 10.6 Å². The van der Waals surface area contributed by atoms with Crippen LogP contribution in [0, 0.1) is 13.8 Å².